The van der Waals surface area contributed by atoms with Crippen molar-refractivity contribution in [1.29, 1.82) is 0 Å². The Morgan fingerprint density at radius 1 is 1.24 bits per heavy atom. The molecule has 0 spiro atoms. The number of carbonyl (C=O) groups excluding carboxylic acids is 1. The Morgan fingerprint density at radius 2 is 2.04 bits per heavy atom. The van der Waals surface area contributed by atoms with Crippen molar-refractivity contribution >= 4 is 11.7 Å². The van der Waals surface area contributed by atoms with E-state index >= 15 is 0 Å². The van der Waals surface area contributed by atoms with Gasteiger partial charge < -0.3 is 14.5 Å². The van der Waals surface area contributed by atoms with Gasteiger partial charge in [-0.1, -0.05) is 12.1 Å². The van der Waals surface area contributed by atoms with Gasteiger partial charge in [-0.3, -0.25) is 4.79 Å². The number of nitrogens with zero attached hydrogens (tertiary/aromatic N) is 4. The number of anilines is 1. The van der Waals surface area contributed by atoms with Crippen molar-refractivity contribution in [2.24, 2.45) is 0 Å². The summed E-state index contributed by atoms with van der Waals surface area (Å²) in [6, 6.07) is 11.4. The van der Waals surface area contributed by atoms with Crippen LogP contribution in [0, 0.1) is 6.92 Å². The molecule has 1 fully saturated rings. The summed E-state index contributed by atoms with van der Waals surface area (Å²) in [7, 11) is 3.45. The van der Waals surface area contributed by atoms with Gasteiger partial charge in [0.05, 0.1) is 18.4 Å². The van der Waals surface area contributed by atoms with Crippen molar-refractivity contribution in [2.45, 2.75) is 25.8 Å². The van der Waals surface area contributed by atoms with Crippen LogP contribution in [-0.4, -0.2) is 54.3 Å². The average Bonchev–Trinajstić information content (AvgIpc) is 2.67. The van der Waals surface area contributed by atoms with E-state index in [0.717, 1.165) is 37.4 Å². The summed E-state index contributed by atoms with van der Waals surface area (Å²) in [6.07, 6.45) is 2.00. The highest BCUT2D eigenvalue weighted by Gasteiger charge is 2.28. The van der Waals surface area contributed by atoms with Gasteiger partial charge in [0, 0.05) is 26.2 Å². The van der Waals surface area contributed by atoms with Crippen LogP contribution < -0.4 is 9.64 Å². The number of benzene rings is 1. The molecule has 6 heteroatoms. The van der Waals surface area contributed by atoms with E-state index < -0.39 is 0 Å². The standard InChI is InChI=1S/C19H24N4O2/c1-14-10-11-18(21-20-14)23-12-6-7-15(13-23)22(2)19(24)16-8-4-5-9-17(16)25-3/h4-5,8-11,15H,6-7,12-13H2,1-3H3. The Kier molecular flexibility index (Phi) is 5.16. The highest BCUT2D eigenvalue weighted by Crippen LogP contribution is 2.24. The predicted octanol–water partition coefficient (Wildman–Crippen LogP) is 2.53. The van der Waals surface area contributed by atoms with Crippen molar-refractivity contribution in [3.8, 4) is 5.75 Å². The quantitative estimate of drug-likeness (QED) is 0.856. The van der Waals surface area contributed by atoms with Crippen LogP contribution in [0.2, 0.25) is 0 Å². The second-order valence-electron chi connectivity index (χ2n) is 6.39. The number of methoxy groups -OCH3 is 1. The number of piperidine rings is 1. The molecule has 1 unspecified atom stereocenters. The summed E-state index contributed by atoms with van der Waals surface area (Å²) in [5.41, 5.74) is 1.50. The molecule has 1 aromatic heterocycles. The number of ether oxygens (including phenoxy) is 1. The molecule has 1 amide bonds. The molecule has 1 aromatic carbocycles. The first kappa shape index (κ1) is 17.2. The van der Waals surface area contributed by atoms with Gasteiger partial charge in [-0.2, -0.15) is 5.10 Å². The van der Waals surface area contributed by atoms with Crippen LogP contribution in [0.4, 0.5) is 5.82 Å². The SMILES string of the molecule is COc1ccccc1C(=O)N(C)C1CCCN(c2ccc(C)nn2)C1. The number of hydrogen-bond acceptors (Lipinski definition) is 5. The number of likely N-dealkylation sites (N-methyl/N-ethyl adjacent to an activating group) is 1. The van der Waals surface area contributed by atoms with Gasteiger partial charge in [-0.15, -0.1) is 5.10 Å². The molecule has 2 heterocycles. The molecule has 1 atom stereocenters. The first-order valence-electron chi connectivity index (χ1n) is 8.55. The Bertz CT molecular complexity index is 732. The second-order valence-corrected chi connectivity index (χ2v) is 6.39. The molecule has 0 bridgehead atoms. The van der Waals surface area contributed by atoms with Crippen molar-refractivity contribution in [1.82, 2.24) is 15.1 Å². The number of aromatic nitrogens is 2. The maximum Gasteiger partial charge on any atom is 0.257 e. The number of amides is 1. The molecule has 3 rings (SSSR count). The molecular formula is C19H24N4O2. The van der Waals surface area contributed by atoms with Gasteiger partial charge in [0.1, 0.15) is 5.75 Å². The number of rotatable bonds is 4. The van der Waals surface area contributed by atoms with Gasteiger partial charge in [0.2, 0.25) is 0 Å². The monoisotopic (exact) mass is 340 g/mol. The topological polar surface area (TPSA) is 58.6 Å². The lowest BCUT2D eigenvalue weighted by Crippen LogP contribution is -2.49. The van der Waals surface area contributed by atoms with E-state index in [1.165, 1.54) is 0 Å². The molecule has 132 valence electrons. The zero-order chi connectivity index (χ0) is 17.8. The molecule has 0 saturated carbocycles. The molecule has 1 aliphatic rings. The molecule has 6 nitrogen and oxygen atoms in total. The van der Waals surface area contributed by atoms with Crippen LogP contribution >= 0.6 is 0 Å². The number of para-hydroxylation sites is 1. The number of carbonyl (C=O) groups is 1. The smallest absolute Gasteiger partial charge is 0.257 e. The largest absolute Gasteiger partial charge is 0.496 e. The minimum atomic E-state index is -0.0145. The van der Waals surface area contributed by atoms with Crippen LogP contribution in [0.5, 0.6) is 5.75 Å². The van der Waals surface area contributed by atoms with Crippen LogP contribution in [-0.2, 0) is 0 Å². The third kappa shape index (κ3) is 3.73. The fourth-order valence-corrected chi connectivity index (χ4v) is 3.22. The summed E-state index contributed by atoms with van der Waals surface area (Å²) in [5, 5.41) is 8.42. The molecule has 0 radical (unpaired) electrons. The average molecular weight is 340 g/mol. The Balaban J connectivity index is 1.74. The summed E-state index contributed by atoms with van der Waals surface area (Å²) in [6.45, 7) is 3.62. The van der Waals surface area contributed by atoms with Crippen LogP contribution in [0.1, 0.15) is 28.9 Å². The Hall–Kier alpha value is -2.63. The fourth-order valence-electron chi connectivity index (χ4n) is 3.22. The maximum atomic E-state index is 12.9. The summed E-state index contributed by atoms with van der Waals surface area (Å²) in [5.74, 6) is 1.46. The van der Waals surface area contributed by atoms with E-state index in [9.17, 15) is 4.79 Å². The third-order valence-corrected chi connectivity index (χ3v) is 4.71. The van der Waals surface area contributed by atoms with Gasteiger partial charge in [0.15, 0.2) is 5.82 Å². The molecule has 25 heavy (non-hydrogen) atoms. The van der Waals surface area contributed by atoms with E-state index in [4.69, 9.17) is 4.74 Å². The van der Waals surface area contributed by atoms with Crippen molar-refractivity contribution in [3.05, 3.63) is 47.7 Å². The van der Waals surface area contributed by atoms with E-state index in [-0.39, 0.29) is 11.9 Å². The van der Waals surface area contributed by atoms with Crippen molar-refractivity contribution in [3.63, 3.8) is 0 Å². The van der Waals surface area contributed by atoms with Gasteiger partial charge >= 0.3 is 0 Å². The minimum absolute atomic E-state index is 0.0145. The summed E-state index contributed by atoms with van der Waals surface area (Å²) in [4.78, 5) is 16.9. The summed E-state index contributed by atoms with van der Waals surface area (Å²) >= 11 is 0. The van der Waals surface area contributed by atoms with Crippen LogP contribution in [0.15, 0.2) is 36.4 Å². The molecule has 2 aromatic rings. The normalized spacial score (nSPS) is 17.2. The highest BCUT2D eigenvalue weighted by atomic mass is 16.5. The third-order valence-electron chi connectivity index (χ3n) is 4.71. The van der Waals surface area contributed by atoms with Crippen molar-refractivity contribution < 1.29 is 9.53 Å². The predicted molar refractivity (Wildman–Crippen MR) is 97.1 cm³/mol. The van der Waals surface area contributed by atoms with Gasteiger partial charge in [0.25, 0.3) is 5.91 Å². The lowest BCUT2D eigenvalue weighted by molar-refractivity contribution is 0.0714. The second kappa shape index (κ2) is 7.51. The molecule has 0 aliphatic carbocycles. The molecular weight excluding hydrogens is 316 g/mol. The van der Waals surface area contributed by atoms with E-state index in [0.29, 0.717) is 11.3 Å². The number of hydrogen-bond donors (Lipinski definition) is 0. The summed E-state index contributed by atoms with van der Waals surface area (Å²) < 4.78 is 5.33. The van der Waals surface area contributed by atoms with Crippen molar-refractivity contribution in [2.75, 3.05) is 32.1 Å². The first-order chi connectivity index (χ1) is 12.1. The molecule has 1 aliphatic heterocycles. The van der Waals surface area contributed by atoms with Gasteiger partial charge in [-0.05, 0) is 44.0 Å². The van der Waals surface area contributed by atoms with Crippen LogP contribution in [0.25, 0.3) is 0 Å². The Morgan fingerprint density at radius 3 is 2.76 bits per heavy atom. The fraction of sp³-hybridized carbons (Fsp3) is 0.421. The van der Waals surface area contributed by atoms with Crippen LogP contribution in [0.3, 0.4) is 0 Å². The van der Waals surface area contributed by atoms with E-state index in [1.54, 1.807) is 7.11 Å². The molecule has 0 N–H and O–H groups in total. The zero-order valence-corrected chi connectivity index (χ0v) is 15.0. The van der Waals surface area contributed by atoms with E-state index in [1.807, 2.05) is 55.3 Å². The Labute approximate surface area is 148 Å². The highest BCUT2D eigenvalue weighted by molar-refractivity contribution is 5.97. The zero-order valence-electron chi connectivity index (χ0n) is 15.0. The van der Waals surface area contributed by atoms with Gasteiger partial charge in [-0.25, -0.2) is 0 Å². The minimum Gasteiger partial charge on any atom is -0.496 e. The first-order valence-corrected chi connectivity index (χ1v) is 8.55. The number of aryl methyl sites for hydroxylation is 1. The lowest BCUT2D eigenvalue weighted by atomic mass is 10.0. The molecule has 1 saturated heterocycles. The maximum absolute atomic E-state index is 12.9. The lowest BCUT2D eigenvalue weighted by Gasteiger charge is -2.38. The van der Waals surface area contributed by atoms with E-state index in [2.05, 4.69) is 15.1 Å².